The maximum Gasteiger partial charge on any atom is 0.265 e. The van der Waals surface area contributed by atoms with Crippen molar-refractivity contribution >= 4 is 22.6 Å². The van der Waals surface area contributed by atoms with Gasteiger partial charge in [-0.3, -0.25) is 9.20 Å². The minimum atomic E-state index is -0.0523. The van der Waals surface area contributed by atoms with Crippen LogP contribution in [-0.4, -0.2) is 55.8 Å². The Bertz CT molecular complexity index is 1210. The lowest BCUT2D eigenvalue weighted by Crippen LogP contribution is -2.33. The Morgan fingerprint density at radius 1 is 1.15 bits per heavy atom. The largest absolute Gasteiger partial charge is 0.497 e. The number of hydrogen-bond donors (Lipinski definition) is 2. The Balaban J connectivity index is 1.79. The van der Waals surface area contributed by atoms with Crippen molar-refractivity contribution in [2.24, 2.45) is 0 Å². The number of fused-ring (bicyclic) bond motifs is 1. The summed E-state index contributed by atoms with van der Waals surface area (Å²) in [6.07, 6.45) is 6.47. The predicted molar refractivity (Wildman–Crippen MR) is 137 cm³/mol. The highest BCUT2D eigenvalue weighted by molar-refractivity contribution is 5.69. The van der Waals surface area contributed by atoms with Crippen LogP contribution in [0, 0.1) is 0 Å². The van der Waals surface area contributed by atoms with Gasteiger partial charge in [0.15, 0.2) is 0 Å². The van der Waals surface area contributed by atoms with Crippen LogP contribution in [-0.2, 0) is 0 Å². The molecule has 0 radical (unpaired) electrons. The van der Waals surface area contributed by atoms with Gasteiger partial charge in [0.2, 0.25) is 0 Å². The maximum atomic E-state index is 13.4. The molecule has 3 aromatic rings. The van der Waals surface area contributed by atoms with Crippen molar-refractivity contribution in [2.45, 2.75) is 26.3 Å². The number of ether oxygens (including phenoxy) is 2. The molecule has 0 fully saturated rings. The zero-order valence-corrected chi connectivity index (χ0v) is 20.3. The molecule has 0 aliphatic carbocycles. The minimum Gasteiger partial charge on any atom is -0.497 e. The Morgan fingerprint density at radius 2 is 1.91 bits per heavy atom. The molecule has 0 spiro atoms. The van der Waals surface area contributed by atoms with Crippen LogP contribution < -0.4 is 30.6 Å². The van der Waals surface area contributed by atoms with Crippen LogP contribution in [0.3, 0.4) is 0 Å². The highest BCUT2D eigenvalue weighted by atomic mass is 16.5. The summed E-state index contributed by atoms with van der Waals surface area (Å²) in [7, 11) is 3.28. The van der Waals surface area contributed by atoms with E-state index in [0.29, 0.717) is 35.3 Å². The van der Waals surface area contributed by atoms with Crippen molar-refractivity contribution in [3.63, 3.8) is 0 Å². The van der Waals surface area contributed by atoms with E-state index in [1.165, 1.54) is 0 Å². The second-order valence-electron chi connectivity index (χ2n) is 8.61. The van der Waals surface area contributed by atoms with Crippen molar-refractivity contribution in [3.8, 4) is 11.5 Å². The smallest absolute Gasteiger partial charge is 0.265 e. The zero-order valence-electron chi connectivity index (χ0n) is 20.3. The lowest BCUT2D eigenvalue weighted by atomic mass is 10.0. The van der Waals surface area contributed by atoms with Crippen molar-refractivity contribution in [1.29, 1.82) is 0 Å². The lowest BCUT2D eigenvalue weighted by Gasteiger charge is -2.27. The van der Waals surface area contributed by atoms with Gasteiger partial charge in [0.1, 0.15) is 17.1 Å². The number of rotatable bonds is 9. The SMILES string of the molecule is COc1cc(OC)cc(N(CCNC(C)C)c2ccc3ncc(C4=CCNCC4)c(=O)n3c2)c1. The summed E-state index contributed by atoms with van der Waals surface area (Å²) in [4.78, 5) is 20.2. The predicted octanol–water partition coefficient (Wildman–Crippen LogP) is 3.22. The number of nitrogens with zero attached hydrogens (tertiary/aromatic N) is 3. The van der Waals surface area contributed by atoms with Crippen LogP contribution in [0.15, 0.2) is 53.6 Å². The van der Waals surface area contributed by atoms with Crippen LogP contribution in [0.25, 0.3) is 11.2 Å². The summed E-state index contributed by atoms with van der Waals surface area (Å²) < 4.78 is 12.6. The number of benzene rings is 1. The first-order valence-electron chi connectivity index (χ1n) is 11.7. The van der Waals surface area contributed by atoms with Gasteiger partial charge < -0.3 is 25.0 Å². The fourth-order valence-corrected chi connectivity index (χ4v) is 4.13. The summed E-state index contributed by atoms with van der Waals surface area (Å²) in [5, 5.41) is 6.77. The molecule has 1 aromatic carbocycles. The van der Waals surface area contributed by atoms with Crippen LogP contribution in [0.4, 0.5) is 11.4 Å². The number of aromatic nitrogens is 2. The summed E-state index contributed by atoms with van der Waals surface area (Å²) in [6.45, 7) is 7.34. The average Bonchev–Trinajstić information content (AvgIpc) is 2.87. The topological polar surface area (TPSA) is 80.1 Å². The highest BCUT2D eigenvalue weighted by Crippen LogP contribution is 2.32. The van der Waals surface area contributed by atoms with E-state index in [1.54, 1.807) is 24.8 Å². The Kier molecular flexibility index (Phi) is 7.49. The van der Waals surface area contributed by atoms with E-state index in [1.807, 2.05) is 36.5 Å². The standard InChI is InChI=1S/C26H33N5O3/c1-18(2)28-11-12-30(21-13-22(33-3)15-23(14-21)34-4)20-5-6-25-29-16-24(26(32)31(25)17-20)19-7-9-27-10-8-19/h5-7,13-18,27-28H,8-12H2,1-4H3. The highest BCUT2D eigenvalue weighted by Gasteiger charge is 2.16. The molecule has 34 heavy (non-hydrogen) atoms. The first-order valence-corrected chi connectivity index (χ1v) is 11.7. The van der Waals surface area contributed by atoms with E-state index in [-0.39, 0.29) is 5.56 Å². The van der Waals surface area contributed by atoms with E-state index < -0.39 is 0 Å². The van der Waals surface area contributed by atoms with Crippen LogP contribution in [0.2, 0.25) is 0 Å². The second kappa shape index (κ2) is 10.7. The molecule has 0 saturated heterocycles. The summed E-state index contributed by atoms with van der Waals surface area (Å²) in [5.74, 6) is 1.41. The Morgan fingerprint density at radius 3 is 2.56 bits per heavy atom. The minimum absolute atomic E-state index is 0.0523. The molecule has 0 bridgehead atoms. The Hall–Kier alpha value is -3.36. The summed E-state index contributed by atoms with van der Waals surface area (Å²) in [6, 6.07) is 10.0. The second-order valence-corrected chi connectivity index (χ2v) is 8.61. The average molecular weight is 464 g/mol. The van der Waals surface area contributed by atoms with Gasteiger partial charge in [-0.05, 0) is 30.7 Å². The lowest BCUT2D eigenvalue weighted by molar-refractivity contribution is 0.394. The molecule has 8 nitrogen and oxygen atoms in total. The summed E-state index contributed by atoms with van der Waals surface area (Å²) >= 11 is 0. The first kappa shape index (κ1) is 23.8. The molecule has 0 saturated carbocycles. The maximum absolute atomic E-state index is 13.4. The van der Waals surface area contributed by atoms with Crippen molar-refractivity contribution in [2.75, 3.05) is 45.3 Å². The van der Waals surface area contributed by atoms with Crippen LogP contribution in [0.5, 0.6) is 11.5 Å². The molecule has 0 amide bonds. The zero-order chi connectivity index (χ0) is 24.1. The molecule has 4 rings (SSSR count). The number of pyridine rings is 1. The van der Waals surface area contributed by atoms with E-state index in [4.69, 9.17) is 9.47 Å². The third-order valence-corrected chi connectivity index (χ3v) is 5.94. The monoisotopic (exact) mass is 463 g/mol. The van der Waals surface area contributed by atoms with Gasteiger partial charge >= 0.3 is 0 Å². The molecule has 0 atom stereocenters. The number of methoxy groups -OCH3 is 2. The number of hydrogen-bond acceptors (Lipinski definition) is 7. The molecule has 0 unspecified atom stereocenters. The molecule has 2 aromatic heterocycles. The van der Waals surface area contributed by atoms with E-state index in [0.717, 1.165) is 43.0 Å². The van der Waals surface area contributed by atoms with Gasteiger partial charge in [-0.15, -0.1) is 0 Å². The fraction of sp³-hybridized carbons (Fsp3) is 0.385. The molecular weight excluding hydrogens is 430 g/mol. The Labute approximate surface area is 200 Å². The molecule has 2 N–H and O–H groups in total. The van der Waals surface area contributed by atoms with Gasteiger partial charge in [0.25, 0.3) is 5.56 Å². The van der Waals surface area contributed by atoms with E-state index in [2.05, 4.69) is 40.4 Å². The summed E-state index contributed by atoms with van der Waals surface area (Å²) in [5.41, 5.74) is 4.07. The fourth-order valence-electron chi connectivity index (χ4n) is 4.13. The van der Waals surface area contributed by atoms with Gasteiger partial charge in [-0.2, -0.15) is 0 Å². The van der Waals surface area contributed by atoms with Gasteiger partial charge in [-0.25, -0.2) is 4.98 Å². The number of anilines is 2. The molecule has 1 aliphatic heterocycles. The van der Waals surface area contributed by atoms with E-state index in [9.17, 15) is 4.79 Å². The quantitative estimate of drug-likeness (QED) is 0.504. The van der Waals surface area contributed by atoms with Crippen molar-refractivity contribution in [1.82, 2.24) is 20.0 Å². The van der Waals surface area contributed by atoms with Crippen molar-refractivity contribution < 1.29 is 9.47 Å². The van der Waals surface area contributed by atoms with Crippen LogP contribution in [0.1, 0.15) is 25.8 Å². The first-order chi connectivity index (χ1) is 16.5. The van der Waals surface area contributed by atoms with Crippen LogP contribution >= 0.6 is 0 Å². The third kappa shape index (κ3) is 5.24. The molecule has 1 aliphatic rings. The van der Waals surface area contributed by atoms with Crippen molar-refractivity contribution in [3.05, 3.63) is 64.7 Å². The number of nitrogens with one attached hydrogen (secondary N) is 2. The normalized spacial score (nSPS) is 13.7. The molecule has 3 heterocycles. The van der Waals surface area contributed by atoms with Gasteiger partial charge in [0.05, 0.1) is 25.5 Å². The molecule has 180 valence electrons. The van der Waals surface area contributed by atoms with E-state index >= 15 is 0 Å². The molecular formula is C26H33N5O3. The third-order valence-electron chi connectivity index (χ3n) is 5.94. The van der Waals surface area contributed by atoms with Gasteiger partial charge in [-0.1, -0.05) is 19.9 Å². The molecule has 8 heteroatoms. The van der Waals surface area contributed by atoms with Gasteiger partial charge in [0, 0.05) is 62.0 Å².